The molecule has 9 rings (SSSR count). The molecule has 51 heavy (non-hydrogen) atoms. The summed E-state index contributed by atoms with van der Waals surface area (Å²) in [5.41, 5.74) is 11.1. The fraction of sp³-hybridized carbons (Fsp3) is 0.0217. The van der Waals surface area contributed by atoms with E-state index in [1.807, 2.05) is 91.0 Å². The van der Waals surface area contributed by atoms with Gasteiger partial charge in [-0.3, -0.25) is 0 Å². The van der Waals surface area contributed by atoms with E-state index in [0.29, 0.717) is 17.5 Å². The van der Waals surface area contributed by atoms with Crippen LogP contribution in [0.1, 0.15) is 11.3 Å². The van der Waals surface area contributed by atoms with Crippen LogP contribution in [0, 0.1) is 6.92 Å². The van der Waals surface area contributed by atoms with Crippen LogP contribution in [0.15, 0.2) is 169 Å². The lowest BCUT2D eigenvalue weighted by molar-refractivity contribution is 0.670. The molecule has 0 atom stereocenters. The van der Waals surface area contributed by atoms with Crippen LogP contribution in [-0.2, 0) is 0 Å². The van der Waals surface area contributed by atoms with E-state index in [-0.39, 0.29) is 0 Å². The Morgan fingerprint density at radius 1 is 0.588 bits per heavy atom. The highest BCUT2D eigenvalue weighted by molar-refractivity contribution is 6.15. The number of hydrogen-bond acceptors (Lipinski definition) is 4. The standard InChI is InChI=1S/C46H32N4O/c1-3-4-25-39-30(2)38-29-33(27-28-40(38)50(39)34-20-12-7-13-21-34)35-22-14-23-36-42-37(24-15-26-41(42)51-43(35)36)46-48-44(31-16-8-5-9-17-31)47-45(49-46)32-18-10-6-11-19-32/h3-29H,1H2,2H3/b25-4-. The maximum absolute atomic E-state index is 6.72. The van der Waals surface area contributed by atoms with Crippen LogP contribution in [0.5, 0.6) is 0 Å². The summed E-state index contributed by atoms with van der Waals surface area (Å²) in [7, 11) is 0. The van der Waals surface area contributed by atoms with Gasteiger partial charge in [-0.2, -0.15) is 0 Å². The Labute approximate surface area is 295 Å². The number of aromatic nitrogens is 4. The molecule has 5 nitrogen and oxygen atoms in total. The van der Waals surface area contributed by atoms with Crippen molar-refractivity contribution in [1.29, 1.82) is 0 Å². The number of rotatable bonds is 7. The topological polar surface area (TPSA) is 56.7 Å². The zero-order chi connectivity index (χ0) is 34.3. The Balaban J connectivity index is 1.24. The third kappa shape index (κ3) is 5.23. The van der Waals surface area contributed by atoms with Crippen LogP contribution in [0.4, 0.5) is 0 Å². The van der Waals surface area contributed by atoms with Crippen molar-refractivity contribution in [2.24, 2.45) is 0 Å². The maximum Gasteiger partial charge on any atom is 0.164 e. The van der Waals surface area contributed by atoms with E-state index < -0.39 is 0 Å². The minimum Gasteiger partial charge on any atom is -0.455 e. The molecule has 0 aliphatic heterocycles. The lowest BCUT2D eigenvalue weighted by atomic mass is 9.98. The third-order valence-corrected chi connectivity index (χ3v) is 9.45. The van der Waals surface area contributed by atoms with Gasteiger partial charge in [-0.25, -0.2) is 15.0 Å². The molecule has 0 aliphatic rings. The summed E-state index contributed by atoms with van der Waals surface area (Å²) in [6.45, 7) is 6.09. The minimum absolute atomic E-state index is 0.598. The van der Waals surface area contributed by atoms with Gasteiger partial charge in [-0.15, -0.1) is 0 Å². The predicted octanol–water partition coefficient (Wildman–Crippen LogP) is 11.9. The van der Waals surface area contributed by atoms with Gasteiger partial charge in [0.25, 0.3) is 0 Å². The average molecular weight is 657 g/mol. The summed E-state index contributed by atoms with van der Waals surface area (Å²) in [5.74, 6) is 1.84. The molecule has 6 aromatic carbocycles. The number of furan rings is 1. The quantitative estimate of drug-likeness (QED) is 0.160. The van der Waals surface area contributed by atoms with E-state index >= 15 is 0 Å². The number of fused-ring (bicyclic) bond motifs is 4. The Kier molecular flexibility index (Phi) is 7.44. The Bertz CT molecular complexity index is 2700. The molecule has 9 aromatic rings. The number of benzene rings is 6. The van der Waals surface area contributed by atoms with Crippen molar-refractivity contribution in [1.82, 2.24) is 19.5 Å². The summed E-state index contributed by atoms with van der Waals surface area (Å²) in [6, 6.07) is 49.7. The van der Waals surface area contributed by atoms with Crippen LogP contribution >= 0.6 is 0 Å². The van der Waals surface area contributed by atoms with Crippen molar-refractivity contribution in [3.05, 3.63) is 176 Å². The molecule has 0 fully saturated rings. The van der Waals surface area contributed by atoms with Crippen molar-refractivity contribution in [2.45, 2.75) is 6.92 Å². The average Bonchev–Trinajstić information content (AvgIpc) is 3.72. The highest BCUT2D eigenvalue weighted by Crippen LogP contribution is 2.41. The van der Waals surface area contributed by atoms with Gasteiger partial charge < -0.3 is 8.98 Å². The van der Waals surface area contributed by atoms with Crippen LogP contribution in [0.2, 0.25) is 0 Å². The van der Waals surface area contributed by atoms with Crippen LogP contribution in [-0.4, -0.2) is 19.5 Å². The maximum atomic E-state index is 6.72. The van der Waals surface area contributed by atoms with Gasteiger partial charge in [0.2, 0.25) is 0 Å². The zero-order valence-electron chi connectivity index (χ0n) is 28.0. The predicted molar refractivity (Wildman–Crippen MR) is 210 cm³/mol. The summed E-state index contributed by atoms with van der Waals surface area (Å²) in [6.07, 6.45) is 5.94. The molecule has 0 aliphatic carbocycles. The van der Waals surface area contributed by atoms with Gasteiger partial charge in [0.05, 0.1) is 5.52 Å². The van der Waals surface area contributed by atoms with Crippen LogP contribution in [0.25, 0.3) is 89.9 Å². The fourth-order valence-electron chi connectivity index (χ4n) is 7.04. The van der Waals surface area contributed by atoms with Crippen molar-refractivity contribution >= 4 is 38.9 Å². The molecule has 3 aromatic heterocycles. The molecule has 0 saturated heterocycles. The van der Waals surface area contributed by atoms with E-state index in [2.05, 4.69) is 90.9 Å². The molecule has 242 valence electrons. The monoisotopic (exact) mass is 656 g/mol. The van der Waals surface area contributed by atoms with Crippen molar-refractivity contribution in [2.75, 3.05) is 0 Å². The Hall–Kier alpha value is -6.85. The molecule has 0 amide bonds. The molecule has 0 unspecified atom stereocenters. The van der Waals surface area contributed by atoms with Gasteiger partial charge in [0.15, 0.2) is 17.5 Å². The van der Waals surface area contributed by atoms with Crippen LogP contribution in [0.3, 0.4) is 0 Å². The highest BCUT2D eigenvalue weighted by atomic mass is 16.3. The van der Waals surface area contributed by atoms with Gasteiger partial charge in [-0.1, -0.05) is 134 Å². The van der Waals surface area contributed by atoms with Gasteiger partial charge in [0.1, 0.15) is 11.2 Å². The molecule has 0 N–H and O–H groups in total. The molecule has 0 radical (unpaired) electrons. The van der Waals surface area contributed by atoms with Gasteiger partial charge >= 0.3 is 0 Å². The van der Waals surface area contributed by atoms with Gasteiger partial charge in [-0.05, 0) is 54.5 Å². The zero-order valence-corrected chi connectivity index (χ0v) is 28.0. The van der Waals surface area contributed by atoms with E-state index in [9.17, 15) is 0 Å². The second-order valence-corrected chi connectivity index (χ2v) is 12.5. The molecular formula is C46H32N4O. The highest BCUT2D eigenvalue weighted by Gasteiger charge is 2.21. The first kappa shape index (κ1) is 30.2. The number of allylic oxidation sites excluding steroid dienone is 2. The summed E-state index contributed by atoms with van der Waals surface area (Å²) in [4.78, 5) is 15.0. The number of para-hydroxylation sites is 2. The summed E-state index contributed by atoms with van der Waals surface area (Å²) in [5, 5.41) is 3.16. The van der Waals surface area contributed by atoms with Gasteiger partial charge in [0, 0.05) is 49.8 Å². The van der Waals surface area contributed by atoms with E-state index in [0.717, 1.165) is 66.7 Å². The van der Waals surface area contributed by atoms with Crippen molar-refractivity contribution in [3.63, 3.8) is 0 Å². The fourth-order valence-corrected chi connectivity index (χ4v) is 7.04. The first-order chi connectivity index (χ1) is 25.2. The van der Waals surface area contributed by atoms with E-state index in [1.54, 1.807) is 0 Å². The number of aryl methyl sites for hydroxylation is 1. The Morgan fingerprint density at radius 3 is 1.90 bits per heavy atom. The third-order valence-electron chi connectivity index (χ3n) is 9.45. The smallest absolute Gasteiger partial charge is 0.164 e. The summed E-state index contributed by atoms with van der Waals surface area (Å²) < 4.78 is 9.04. The van der Waals surface area contributed by atoms with Crippen molar-refractivity contribution < 1.29 is 4.42 Å². The SMILES string of the molecule is C=C/C=C\c1c(C)c2cc(-c3cccc4c3oc3cccc(-c5nc(-c6ccccc6)nc(-c6ccccc6)n5)c34)ccc2n1-c1ccccc1. The molecule has 3 heterocycles. The van der Waals surface area contributed by atoms with Crippen LogP contribution < -0.4 is 0 Å². The molecule has 5 heteroatoms. The molecule has 0 bridgehead atoms. The second kappa shape index (κ2) is 12.6. The van der Waals surface area contributed by atoms with E-state index in [4.69, 9.17) is 19.4 Å². The summed E-state index contributed by atoms with van der Waals surface area (Å²) >= 11 is 0. The second-order valence-electron chi connectivity index (χ2n) is 12.5. The first-order valence-electron chi connectivity index (χ1n) is 17.0. The van der Waals surface area contributed by atoms with Crippen molar-refractivity contribution in [3.8, 4) is 51.0 Å². The Morgan fingerprint density at radius 2 is 1.22 bits per heavy atom. The largest absolute Gasteiger partial charge is 0.455 e. The lowest BCUT2D eigenvalue weighted by Crippen LogP contribution is -2.00. The minimum atomic E-state index is 0.598. The number of nitrogens with zero attached hydrogens (tertiary/aromatic N) is 4. The first-order valence-corrected chi connectivity index (χ1v) is 17.0. The number of hydrogen-bond donors (Lipinski definition) is 0. The molecular weight excluding hydrogens is 625 g/mol. The van der Waals surface area contributed by atoms with E-state index in [1.165, 1.54) is 10.9 Å². The molecule has 0 spiro atoms. The molecule has 0 saturated carbocycles. The lowest BCUT2D eigenvalue weighted by Gasteiger charge is -2.10. The normalized spacial score (nSPS) is 11.6.